The first-order chi connectivity index (χ1) is 14.2. The molecule has 158 valence electrons. The fraction of sp³-hybridized carbons (Fsp3) is 0.167. The predicted octanol–water partition coefficient (Wildman–Crippen LogP) is 4.10. The van der Waals surface area contributed by atoms with E-state index >= 15 is 0 Å². The van der Waals surface area contributed by atoms with Gasteiger partial charge in [-0.2, -0.15) is 4.98 Å². The van der Waals surface area contributed by atoms with Crippen molar-refractivity contribution in [1.29, 1.82) is 0 Å². The highest BCUT2D eigenvalue weighted by molar-refractivity contribution is 7.91. The van der Waals surface area contributed by atoms with E-state index in [0.717, 1.165) is 0 Å². The van der Waals surface area contributed by atoms with E-state index in [2.05, 4.69) is 20.5 Å². The first-order valence-electron chi connectivity index (χ1n) is 8.43. The van der Waals surface area contributed by atoms with Gasteiger partial charge in [-0.25, -0.2) is 8.42 Å². The van der Waals surface area contributed by atoms with Crippen molar-refractivity contribution in [3.05, 3.63) is 57.0 Å². The minimum absolute atomic E-state index is 0.0230. The van der Waals surface area contributed by atoms with Gasteiger partial charge in [0.05, 0.1) is 37.9 Å². The Bertz CT molecular complexity index is 1200. The number of methoxy groups -OCH3 is 1. The number of amides is 1. The molecule has 0 bridgehead atoms. The number of H-pyrrole nitrogens is 1. The first-order valence-corrected chi connectivity index (χ1v) is 11.2. The van der Waals surface area contributed by atoms with Crippen LogP contribution in [0.4, 0.5) is 5.95 Å². The van der Waals surface area contributed by atoms with Gasteiger partial charge in [-0.3, -0.25) is 15.2 Å². The molecule has 0 spiro atoms. The quantitative estimate of drug-likeness (QED) is 0.516. The van der Waals surface area contributed by atoms with Crippen molar-refractivity contribution in [3.8, 4) is 11.4 Å². The summed E-state index contributed by atoms with van der Waals surface area (Å²) in [5, 5.41) is 9.18. The molecule has 0 saturated carbocycles. The van der Waals surface area contributed by atoms with E-state index in [0.29, 0.717) is 16.4 Å². The Labute approximate surface area is 187 Å². The van der Waals surface area contributed by atoms with E-state index in [4.69, 9.17) is 39.5 Å². The lowest BCUT2D eigenvalue weighted by atomic mass is 10.2. The molecule has 1 heterocycles. The zero-order valence-corrected chi connectivity index (χ0v) is 18.5. The van der Waals surface area contributed by atoms with Crippen molar-refractivity contribution in [2.24, 2.45) is 0 Å². The lowest BCUT2D eigenvalue weighted by molar-refractivity contribution is 0.102. The molecule has 0 aliphatic rings. The summed E-state index contributed by atoms with van der Waals surface area (Å²) in [4.78, 5) is 16.7. The third-order valence-electron chi connectivity index (χ3n) is 4.01. The van der Waals surface area contributed by atoms with Crippen LogP contribution in [-0.2, 0) is 14.6 Å². The number of halogens is 3. The molecule has 0 aliphatic heterocycles. The zero-order valence-electron chi connectivity index (χ0n) is 15.4. The number of aromatic amines is 1. The minimum Gasteiger partial charge on any atom is -0.384 e. The van der Waals surface area contributed by atoms with Crippen molar-refractivity contribution < 1.29 is 17.9 Å². The van der Waals surface area contributed by atoms with Crippen LogP contribution in [0.25, 0.3) is 11.4 Å². The molecule has 12 heteroatoms. The van der Waals surface area contributed by atoms with Crippen molar-refractivity contribution in [2.45, 2.75) is 4.90 Å². The van der Waals surface area contributed by atoms with Crippen LogP contribution in [0.2, 0.25) is 15.1 Å². The molecular formula is C18H15Cl3N4O4S. The Balaban J connectivity index is 1.89. The predicted molar refractivity (Wildman–Crippen MR) is 115 cm³/mol. The highest BCUT2D eigenvalue weighted by Gasteiger charge is 2.25. The number of aromatic nitrogens is 3. The van der Waals surface area contributed by atoms with E-state index in [-0.39, 0.29) is 38.8 Å². The lowest BCUT2D eigenvalue weighted by Crippen LogP contribution is -2.17. The van der Waals surface area contributed by atoms with Gasteiger partial charge < -0.3 is 4.74 Å². The van der Waals surface area contributed by atoms with Crippen molar-refractivity contribution in [3.63, 3.8) is 0 Å². The normalized spacial score (nSPS) is 11.5. The van der Waals surface area contributed by atoms with Crippen LogP contribution < -0.4 is 5.32 Å². The van der Waals surface area contributed by atoms with Crippen LogP contribution >= 0.6 is 34.8 Å². The van der Waals surface area contributed by atoms with Crippen LogP contribution in [0.5, 0.6) is 0 Å². The molecule has 1 amide bonds. The van der Waals surface area contributed by atoms with Crippen LogP contribution in [-0.4, -0.2) is 49.0 Å². The molecule has 3 aromatic rings. The van der Waals surface area contributed by atoms with Gasteiger partial charge in [-0.15, -0.1) is 5.10 Å². The lowest BCUT2D eigenvalue weighted by Gasteiger charge is -2.11. The van der Waals surface area contributed by atoms with Gasteiger partial charge in [-0.05, 0) is 24.3 Å². The van der Waals surface area contributed by atoms with Crippen molar-refractivity contribution >= 4 is 56.5 Å². The molecule has 8 nitrogen and oxygen atoms in total. The van der Waals surface area contributed by atoms with E-state index in [1.54, 1.807) is 24.3 Å². The Morgan fingerprint density at radius 1 is 1.13 bits per heavy atom. The monoisotopic (exact) mass is 488 g/mol. The van der Waals surface area contributed by atoms with Crippen LogP contribution in [0.3, 0.4) is 0 Å². The van der Waals surface area contributed by atoms with Crippen LogP contribution in [0.1, 0.15) is 10.4 Å². The third kappa shape index (κ3) is 4.76. The zero-order chi connectivity index (χ0) is 21.9. The summed E-state index contributed by atoms with van der Waals surface area (Å²) in [6.07, 6.45) is 0. The second-order valence-corrected chi connectivity index (χ2v) is 9.26. The summed E-state index contributed by atoms with van der Waals surface area (Å²) < 4.78 is 29.7. The molecule has 3 rings (SSSR count). The number of hydrogen-bond donors (Lipinski definition) is 2. The SMILES string of the molecule is COCCS(=O)(=O)c1ccc(Cl)c(C(=O)Nc2n[nH]c(-c3ccccc3Cl)n2)c1Cl. The largest absolute Gasteiger partial charge is 0.384 e. The molecule has 2 aromatic carbocycles. The highest BCUT2D eigenvalue weighted by Crippen LogP contribution is 2.32. The number of nitrogens with one attached hydrogen (secondary N) is 2. The summed E-state index contributed by atoms with van der Waals surface area (Å²) >= 11 is 18.5. The Morgan fingerprint density at radius 2 is 1.87 bits per heavy atom. The van der Waals surface area contributed by atoms with Gasteiger partial charge in [0.25, 0.3) is 5.91 Å². The molecule has 0 unspecified atom stereocenters. The second kappa shape index (κ2) is 9.32. The molecule has 0 atom stereocenters. The maximum Gasteiger partial charge on any atom is 0.261 e. The summed E-state index contributed by atoms with van der Waals surface area (Å²) in [6.45, 7) is -0.0230. The van der Waals surface area contributed by atoms with Gasteiger partial charge in [-0.1, -0.05) is 46.9 Å². The topological polar surface area (TPSA) is 114 Å². The third-order valence-corrected chi connectivity index (χ3v) is 6.88. The number of benzene rings is 2. The molecule has 1 aromatic heterocycles. The fourth-order valence-electron chi connectivity index (χ4n) is 2.54. The molecule has 0 aliphatic carbocycles. The summed E-state index contributed by atoms with van der Waals surface area (Å²) in [7, 11) is -2.40. The Morgan fingerprint density at radius 3 is 2.57 bits per heavy atom. The summed E-state index contributed by atoms with van der Waals surface area (Å²) in [6, 6.07) is 9.49. The number of anilines is 1. The summed E-state index contributed by atoms with van der Waals surface area (Å²) in [5.41, 5.74) is 0.385. The van der Waals surface area contributed by atoms with Crippen molar-refractivity contribution in [2.75, 3.05) is 24.8 Å². The Hall–Kier alpha value is -2.17. The molecular weight excluding hydrogens is 475 g/mol. The molecule has 0 radical (unpaired) electrons. The van der Waals surface area contributed by atoms with Crippen LogP contribution in [0, 0.1) is 0 Å². The van der Waals surface area contributed by atoms with E-state index < -0.39 is 15.7 Å². The minimum atomic E-state index is -3.78. The number of carbonyl (C=O) groups is 1. The maximum absolute atomic E-state index is 12.7. The Kier molecular flexibility index (Phi) is 6.99. The number of rotatable bonds is 7. The smallest absolute Gasteiger partial charge is 0.261 e. The standard InChI is InChI=1S/C18H15Cl3N4O4S/c1-29-8-9-30(27,28)13-7-6-12(20)14(15(13)21)17(26)23-18-22-16(24-25-18)10-4-2-3-5-11(10)19/h2-7H,8-9H2,1H3,(H2,22,23,24,25,26). The number of ether oxygens (including phenoxy) is 1. The van der Waals surface area contributed by atoms with E-state index in [9.17, 15) is 13.2 Å². The number of hydrogen-bond acceptors (Lipinski definition) is 6. The number of nitrogens with zero attached hydrogens (tertiary/aromatic N) is 2. The average molecular weight is 490 g/mol. The van der Waals surface area contributed by atoms with Gasteiger partial charge in [0.1, 0.15) is 0 Å². The maximum atomic E-state index is 12.7. The first kappa shape index (κ1) is 22.5. The van der Waals surface area contributed by atoms with Crippen molar-refractivity contribution in [1.82, 2.24) is 15.2 Å². The second-order valence-electron chi connectivity index (χ2n) is 5.99. The van der Waals surface area contributed by atoms with Gasteiger partial charge in [0, 0.05) is 12.7 Å². The average Bonchev–Trinajstić information content (AvgIpc) is 3.14. The number of carbonyl (C=O) groups excluding carboxylic acids is 1. The molecule has 30 heavy (non-hydrogen) atoms. The van der Waals surface area contributed by atoms with E-state index in [1.165, 1.54) is 19.2 Å². The van der Waals surface area contributed by atoms with Crippen LogP contribution in [0.15, 0.2) is 41.3 Å². The molecule has 0 fully saturated rings. The molecule has 2 N–H and O–H groups in total. The number of sulfone groups is 1. The van der Waals surface area contributed by atoms with E-state index in [1.807, 2.05) is 0 Å². The van der Waals surface area contributed by atoms with Gasteiger partial charge >= 0.3 is 0 Å². The van der Waals surface area contributed by atoms with Gasteiger partial charge in [0.2, 0.25) is 5.95 Å². The van der Waals surface area contributed by atoms with Gasteiger partial charge in [0.15, 0.2) is 15.7 Å². The molecule has 0 saturated heterocycles. The highest BCUT2D eigenvalue weighted by atomic mass is 35.5. The summed E-state index contributed by atoms with van der Waals surface area (Å²) in [5.74, 6) is -0.786. The fourth-order valence-corrected chi connectivity index (χ4v) is 4.92.